The SMILES string of the molecule is CC(C)(C)S(=O)(=O)NC1CCC(c2ncc(-c3ccc(Cl)c(Cl)c3)[nH]2)CC1. The minimum absolute atomic E-state index is 0.00465. The third kappa shape index (κ3) is 4.67. The summed E-state index contributed by atoms with van der Waals surface area (Å²) in [5.74, 6) is 1.24. The van der Waals surface area contributed by atoms with Gasteiger partial charge in [0.2, 0.25) is 10.0 Å². The van der Waals surface area contributed by atoms with Crippen molar-refractivity contribution in [2.24, 2.45) is 0 Å². The lowest BCUT2D eigenvalue weighted by Gasteiger charge is -2.30. The Balaban J connectivity index is 1.64. The molecular formula is C19H25Cl2N3O2S. The Hall–Kier alpha value is -1.08. The van der Waals surface area contributed by atoms with Gasteiger partial charge in [0.25, 0.3) is 0 Å². The molecular weight excluding hydrogens is 405 g/mol. The molecule has 0 aliphatic heterocycles. The summed E-state index contributed by atoms with van der Waals surface area (Å²) in [4.78, 5) is 7.92. The molecule has 1 aromatic heterocycles. The van der Waals surface area contributed by atoms with E-state index in [1.54, 1.807) is 26.8 Å². The monoisotopic (exact) mass is 429 g/mol. The Bertz CT molecular complexity index is 911. The molecule has 0 saturated heterocycles. The van der Waals surface area contributed by atoms with E-state index in [0.29, 0.717) is 16.0 Å². The van der Waals surface area contributed by atoms with Crippen LogP contribution < -0.4 is 4.72 Å². The standard InChI is InChI=1S/C19H25Cl2N3O2S/c1-19(2,3)27(25,26)24-14-7-4-12(5-8-14)18-22-11-17(23-18)13-6-9-15(20)16(21)10-13/h6,9-12,14,24H,4-5,7-8H2,1-3H3,(H,22,23). The van der Waals surface area contributed by atoms with Crippen LogP contribution >= 0.6 is 23.2 Å². The van der Waals surface area contributed by atoms with Crippen LogP contribution in [-0.2, 0) is 10.0 Å². The molecule has 148 valence electrons. The van der Waals surface area contributed by atoms with Crippen molar-refractivity contribution in [2.45, 2.75) is 63.2 Å². The van der Waals surface area contributed by atoms with Crippen molar-refractivity contribution < 1.29 is 8.42 Å². The number of sulfonamides is 1. The number of halogens is 2. The van der Waals surface area contributed by atoms with Crippen molar-refractivity contribution in [3.05, 3.63) is 40.3 Å². The van der Waals surface area contributed by atoms with Crippen LogP contribution in [-0.4, -0.2) is 29.2 Å². The summed E-state index contributed by atoms with van der Waals surface area (Å²) in [5, 5.41) is 1.04. The van der Waals surface area contributed by atoms with Gasteiger partial charge in [0.15, 0.2) is 0 Å². The van der Waals surface area contributed by atoms with Crippen molar-refractivity contribution in [2.75, 3.05) is 0 Å². The highest BCUT2D eigenvalue weighted by atomic mass is 35.5. The van der Waals surface area contributed by atoms with Crippen LogP contribution in [0.25, 0.3) is 11.3 Å². The zero-order chi connectivity index (χ0) is 19.8. The number of nitrogens with one attached hydrogen (secondary N) is 2. The van der Waals surface area contributed by atoms with Crippen LogP contribution in [0.15, 0.2) is 24.4 Å². The molecule has 0 unspecified atom stereocenters. The summed E-state index contributed by atoms with van der Waals surface area (Å²) in [5.41, 5.74) is 1.84. The third-order valence-electron chi connectivity index (χ3n) is 5.07. The number of rotatable bonds is 4. The number of benzene rings is 1. The maximum atomic E-state index is 12.3. The number of nitrogens with zero attached hydrogens (tertiary/aromatic N) is 1. The van der Waals surface area contributed by atoms with E-state index in [0.717, 1.165) is 42.8 Å². The van der Waals surface area contributed by atoms with Crippen LogP contribution in [0.1, 0.15) is 58.2 Å². The average Bonchev–Trinajstić information content (AvgIpc) is 3.07. The first-order chi connectivity index (χ1) is 12.6. The Morgan fingerprint density at radius 1 is 1.11 bits per heavy atom. The van der Waals surface area contributed by atoms with Gasteiger partial charge in [-0.25, -0.2) is 18.1 Å². The minimum Gasteiger partial charge on any atom is -0.342 e. The lowest BCUT2D eigenvalue weighted by atomic mass is 9.86. The average molecular weight is 430 g/mol. The van der Waals surface area contributed by atoms with Gasteiger partial charge in [0, 0.05) is 17.5 Å². The number of hydrogen-bond acceptors (Lipinski definition) is 3. The van der Waals surface area contributed by atoms with E-state index in [9.17, 15) is 8.42 Å². The molecule has 3 rings (SSSR count). The first-order valence-corrected chi connectivity index (χ1v) is 11.3. The summed E-state index contributed by atoms with van der Waals surface area (Å²) in [6, 6.07) is 5.49. The summed E-state index contributed by atoms with van der Waals surface area (Å²) in [6.07, 6.45) is 5.21. The Labute approximate surface area is 170 Å². The second kappa shape index (κ2) is 7.74. The van der Waals surface area contributed by atoms with E-state index in [1.165, 1.54) is 0 Å². The van der Waals surface area contributed by atoms with Crippen LogP contribution in [0, 0.1) is 0 Å². The summed E-state index contributed by atoms with van der Waals surface area (Å²) in [7, 11) is -3.32. The maximum absolute atomic E-state index is 12.3. The molecule has 2 aromatic rings. The number of H-pyrrole nitrogens is 1. The number of hydrogen-bond donors (Lipinski definition) is 2. The fourth-order valence-electron chi connectivity index (χ4n) is 3.24. The van der Waals surface area contributed by atoms with Crippen LogP contribution in [0.4, 0.5) is 0 Å². The quantitative estimate of drug-likeness (QED) is 0.706. The molecule has 0 bridgehead atoms. The fourth-order valence-corrected chi connectivity index (χ4v) is 4.56. The number of imidazole rings is 1. The molecule has 1 saturated carbocycles. The molecule has 1 aliphatic carbocycles. The molecule has 0 atom stereocenters. The van der Waals surface area contributed by atoms with E-state index in [4.69, 9.17) is 23.2 Å². The van der Waals surface area contributed by atoms with Crippen LogP contribution in [0.3, 0.4) is 0 Å². The maximum Gasteiger partial charge on any atom is 0.216 e. The zero-order valence-corrected chi connectivity index (χ0v) is 18.0. The Morgan fingerprint density at radius 3 is 2.37 bits per heavy atom. The summed E-state index contributed by atoms with van der Waals surface area (Å²) in [6.45, 7) is 5.15. The molecule has 1 heterocycles. The van der Waals surface area contributed by atoms with E-state index in [2.05, 4.69) is 14.7 Å². The van der Waals surface area contributed by atoms with Gasteiger partial charge in [-0.2, -0.15) is 0 Å². The van der Waals surface area contributed by atoms with Gasteiger partial charge in [0.05, 0.1) is 26.7 Å². The van der Waals surface area contributed by atoms with E-state index in [-0.39, 0.29) is 6.04 Å². The predicted molar refractivity (Wildman–Crippen MR) is 111 cm³/mol. The number of aromatic nitrogens is 2. The molecule has 0 radical (unpaired) electrons. The van der Waals surface area contributed by atoms with E-state index in [1.807, 2.05) is 18.3 Å². The minimum atomic E-state index is -3.32. The van der Waals surface area contributed by atoms with Crippen LogP contribution in [0.5, 0.6) is 0 Å². The molecule has 2 N–H and O–H groups in total. The van der Waals surface area contributed by atoms with Gasteiger partial charge in [-0.05, 0) is 58.6 Å². The third-order valence-corrected chi connectivity index (χ3v) is 8.06. The first-order valence-electron chi connectivity index (χ1n) is 9.09. The van der Waals surface area contributed by atoms with Gasteiger partial charge in [0.1, 0.15) is 5.82 Å². The topological polar surface area (TPSA) is 74.8 Å². The normalized spacial score (nSPS) is 21.4. The number of aromatic amines is 1. The van der Waals surface area contributed by atoms with Crippen molar-refractivity contribution in [1.82, 2.24) is 14.7 Å². The Morgan fingerprint density at radius 2 is 1.78 bits per heavy atom. The second-order valence-corrected chi connectivity index (χ2v) is 11.4. The van der Waals surface area contributed by atoms with Gasteiger partial charge in [-0.15, -0.1) is 0 Å². The molecule has 0 spiro atoms. The predicted octanol–water partition coefficient (Wildman–Crippen LogP) is 5.13. The molecule has 5 nitrogen and oxygen atoms in total. The lowest BCUT2D eigenvalue weighted by molar-refractivity contribution is 0.364. The van der Waals surface area contributed by atoms with Crippen molar-refractivity contribution in [1.29, 1.82) is 0 Å². The molecule has 27 heavy (non-hydrogen) atoms. The first kappa shape index (κ1) is 20.6. The Kier molecular flexibility index (Phi) is 5.92. The summed E-state index contributed by atoms with van der Waals surface area (Å²) >= 11 is 12.1. The summed E-state index contributed by atoms with van der Waals surface area (Å²) < 4.78 is 26.7. The lowest BCUT2D eigenvalue weighted by Crippen LogP contribution is -2.45. The zero-order valence-electron chi connectivity index (χ0n) is 15.7. The highest BCUT2D eigenvalue weighted by Gasteiger charge is 2.33. The van der Waals surface area contributed by atoms with Crippen molar-refractivity contribution >= 4 is 33.2 Å². The van der Waals surface area contributed by atoms with Gasteiger partial charge in [-0.3, -0.25) is 0 Å². The van der Waals surface area contributed by atoms with Crippen molar-refractivity contribution in [3.8, 4) is 11.3 Å². The molecule has 0 amide bonds. The molecule has 1 aliphatic rings. The second-order valence-electron chi connectivity index (χ2n) is 8.09. The molecule has 1 aromatic carbocycles. The fraction of sp³-hybridized carbons (Fsp3) is 0.526. The van der Waals surface area contributed by atoms with E-state index >= 15 is 0 Å². The van der Waals surface area contributed by atoms with Crippen molar-refractivity contribution in [3.63, 3.8) is 0 Å². The van der Waals surface area contributed by atoms with Gasteiger partial charge >= 0.3 is 0 Å². The molecule has 8 heteroatoms. The molecule has 1 fully saturated rings. The van der Waals surface area contributed by atoms with Gasteiger partial charge in [-0.1, -0.05) is 29.3 Å². The highest BCUT2D eigenvalue weighted by Crippen LogP contribution is 2.34. The van der Waals surface area contributed by atoms with Crippen LogP contribution in [0.2, 0.25) is 10.0 Å². The smallest absolute Gasteiger partial charge is 0.216 e. The van der Waals surface area contributed by atoms with E-state index < -0.39 is 14.8 Å². The largest absolute Gasteiger partial charge is 0.342 e. The van der Waals surface area contributed by atoms with Gasteiger partial charge < -0.3 is 4.98 Å². The highest BCUT2D eigenvalue weighted by molar-refractivity contribution is 7.90.